The highest BCUT2D eigenvalue weighted by Gasteiger charge is 2.09. The molecule has 0 fully saturated rings. The number of aromatic nitrogens is 2. The number of benzene rings is 4. The Morgan fingerprint density at radius 3 is 1.48 bits per heavy atom. The van der Waals surface area contributed by atoms with Gasteiger partial charge in [0.1, 0.15) is 0 Å². The van der Waals surface area contributed by atoms with E-state index in [1.165, 1.54) is 96.8 Å². The Bertz CT molecular complexity index is 1570. The molecule has 4 heteroatoms. The molecule has 0 aliphatic carbocycles. The van der Waals surface area contributed by atoms with Crippen LogP contribution in [0.2, 0.25) is 0 Å². The largest absolute Gasteiger partial charge is 0.354 e. The summed E-state index contributed by atoms with van der Waals surface area (Å²) < 4.78 is 4.72. The Labute approximate surface area is 255 Å². The second-order valence-corrected chi connectivity index (χ2v) is 12.7. The van der Waals surface area contributed by atoms with E-state index in [1.807, 2.05) is 0 Å². The summed E-state index contributed by atoms with van der Waals surface area (Å²) in [5.41, 5.74) is 5.11. The number of nitrogens with zero attached hydrogens (tertiary/aromatic N) is 1. The molecule has 0 saturated heterocycles. The summed E-state index contributed by atoms with van der Waals surface area (Å²) in [4.78, 5) is 3.40. The van der Waals surface area contributed by atoms with E-state index in [0.29, 0.717) is 0 Å². The molecule has 0 bridgehead atoms. The summed E-state index contributed by atoms with van der Waals surface area (Å²) in [7, 11) is 0. The smallest absolute Gasteiger partial charge is 0.0491 e. The number of hydrogen-bond acceptors (Lipinski definition) is 0. The zero-order chi connectivity index (χ0) is 27.7. The summed E-state index contributed by atoms with van der Waals surface area (Å²) in [6.07, 6.45) is 14.0. The molecule has 0 aliphatic rings. The fraction of sp³-hybridized carbons (Fsp3) is 0.333. The van der Waals surface area contributed by atoms with E-state index in [0.717, 1.165) is 26.5 Å². The molecule has 0 spiro atoms. The van der Waals surface area contributed by atoms with Gasteiger partial charge in [0.05, 0.1) is 0 Å². The minimum Gasteiger partial charge on any atom is -0.354 e. The lowest BCUT2D eigenvalue weighted by Crippen LogP contribution is -1.97. The van der Waals surface area contributed by atoms with Crippen LogP contribution in [0.3, 0.4) is 0 Å². The van der Waals surface area contributed by atoms with Gasteiger partial charge in [-0.15, -0.1) is 0 Å². The number of unbranched alkanes of at least 4 members (excludes halogenated alkanes) is 9. The van der Waals surface area contributed by atoms with Crippen molar-refractivity contribution in [2.75, 3.05) is 0 Å². The number of aromatic amines is 1. The molecule has 0 aliphatic heterocycles. The van der Waals surface area contributed by atoms with Gasteiger partial charge in [0.25, 0.3) is 0 Å². The Hall–Kier alpha value is -2.56. The number of nitrogens with one attached hydrogen (secondary N) is 1. The monoisotopic (exact) mass is 658 g/mol. The Morgan fingerprint density at radius 1 is 0.525 bits per heavy atom. The lowest BCUT2D eigenvalue weighted by Gasteiger charge is -2.07. The highest BCUT2D eigenvalue weighted by molar-refractivity contribution is 9.10. The molecule has 4 aromatic carbocycles. The Balaban J connectivity index is 0.000000182. The summed E-state index contributed by atoms with van der Waals surface area (Å²) in [5, 5.41) is 5.32. The van der Waals surface area contributed by atoms with Gasteiger partial charge in [-0.05, 0) is 42.8 Å². The second kappa shape index (κ2) is 14.4. The van der Waals surface area contributed by atoms with Crippen molar-refractivity contribution in [3.63, 3.8) is 0 Å². The quantitative estimate of drug-likeness (QED) is 0.134. The molecule has 1 N–H and O–H groups in total. The average molecular weight is 661 g/mol. The van der Waals surface area contributed by atoms with Crippen molar-refractivity contribution in [1.82, 2.24) is 9.55 Å². The van der Waals surface area contributed by atoms with Crippen LogP contribution >= 0.6 is 31.9 Å². The molecule has 0 radical (unpaired) electrons. The standard InChI is InChI=1S/C24H33N.C12H7Br2N/c1-2-3-4-5-6-7-8-9-10-15-20-25-23-18-13-11-16-21(23)22-17-12-14-19-24(22)25;13-7-1-3-9-10-4-2-8(14)6-12(10)15-11(9)5-7/h11-14,16-19H,2-10,15,20H2,1H3;1-6,15H. The first kappa shape index (κ1) is 29.0. The third kappa shape index (κ3) is 7.01. The van der Waals surface area contributed by atoms with Crippen LogP contribution in [0.5, 0.6) is 0 Å². The van der Waals surface area contributed by atoms with Gasteiger partial charge < -0.3 is 9.55 Å². The number of halogens is 2. The van der Waals surface area contributed by atoms with Gasteiger partial charge in [0, 0.05) is 59.1 Å². The van der Waals surface area contributed by atoms with Crippen molar-refractivity contribution in [1.29, 1.82) is 0 Å². The highest BCUT2D eigenvalue weighted by atomic mass is 79.9. The lowest BCUT2D eigenvalue weighted by molar-refractivity contribution is 0.541. The van der Waals surface area contributed by atoms with E-state index in [1.54, 1.807) is 0 Å². The van der Waals surface area contributed by atoms with Gasteiger partial charge in [-0.2, -0.15) is 0 Å². The summed E-state index contributed by atoms with van der Waals surface area (Å²) in [5.74, 6) is 0. The maximum absolute atomic E-state index is 3.47. The van der Waals surface area contributed by atoms with Gasteiger partial charge in [-0.3, -0.25) is 0 Å². The van der Waals surface area contributed by atoms with Gasteiger partial charge in [-0.25, -0.2) is 0 Å². The van der Waals surface area contributed by atoms with Crippen molar-refractivity contribution >= 4 is 75.5 Å². The molecule has 2 heterocycles. The second-order valence-electron chi connectivity index (χ2n) is 10.9. The van der Waals surface area contributed by atoms with Crippen LogP contribution in [-0.4, -0.2) is 9.55 Å². The lowest BCUT2D eigenvalue weighted by atomic mass is 10.1. The minimum absolute atomic E-state index is 1.10. The maximum Gasteiger partial charge on any atom is 0.0491 e. The van der Waals surface area contributed by atoms with Crippen molar-refractivity contribution in [3.05, 3.63) is 93.9 Å². The fourth-order valence-corrected chi connectivity index (χ4v) is 6.58. The average Bonchev–Trinajstić information content (AvgIpc) is 3.48. The molecule has 2 nitrogen and oxygen atoms in total. The van der Waals surface area contributed by atoms with Gasteiger partial charge in [-0.1, -0.05) is 145 Å². The van der Waals surface area contributed by atoms with Crippen LogP contribution in [0.1, 0.15) is 71.1 Å². The Kier molecular flexibility index (Phi) is 10.4. The summed E-state index contributed by atoms with van der Waals surface area (Å²) in [6.45, 7) is 3.43. The van der Waals surface area contributed by atoms with Gasteiger partial charge in [0.15, 0.2) is 0 Å². The number of H-pyrrole nitrogens is 1. The number of para-hydroxylation sites is 2. The van der Waals surface area contributed by atoms with Crippen molar-refractivity contribution in [3.8, 4) is 0 Å². The van der Waals surface area contributed by atoms with Crippen molar-refractivity contribution in [2.24, 2.45) is 0 Å². The maximum atomic E-state index is 3.47. The number of aryl methyl sites for hydroxylation is 1. The van der Waals surface area contributed by atoms with Crippen LogP contribution in [-0.2, 0) is 6.54 Å². The first-order valence-corrected chi connectivity index (χ1v) is 16.6. The molecule has 0 amide bonds. The van der Waals surface area contributed by atoms with E-state index in [-0.39, 0.29) is 0 Å². The van der Waals surface area contributed by atoms with E-state index in [9.17, 15) is 0 Å². The molecular formula is C36H40Br2N2. The van der Waals surface area contributed by atoms with Crippen LogP contribution in [0.15, 0.2) is 93.9 Å². The molecule has 6 aromatic rings. The molecule has 208 valence electrons. The van der Waals surface area contributed by atoms with Crippen molar-refractivity contribution in [2.45, 2.75) is 77.7 Å². The predicted octanol–water partition coefficient (Wildman–Crippen LogP) is 12.6. The fourth-order valence-electron chi connectivity index (χ4n) is 5.86. The normalized spacial score (nSPS) is 11.5. The topological polar surface area (TPSA) is 20.7 Å². The van der Waals surface area contributed by atoms with E-state index >= 15 is 0 Å². The van der Waals surface area contributed by atoms with Gasteiger partial charge >= 0.3 is 0 Å². The van der Waals surface area contributed by atoms with Crippen LogP contribution < -0.4 is 0 Å². The first-order valence-electron chi connectivity index (χ1n) is 15.0. The molecular weight excluding hydrogens is 620 g/mol. The number of rotatable bonds is 11. The Morgan fingerprint density at radius 2 is 0.975 bits per heavy atom. The molecule has 0 unspecified atom stereocenters. The number of fused-ring (bicyclic) bond motifs is 6. The zero-order valence-corrected chi connectivity index (χ0v) is 26.7. The van der Waals surface area contributed by atoms with Crippen LogP contribution in [0, 0.1) is 0 Å². The van der Waals surface area contributed by atoms with E-state index in [4.69, 9.17) is 0 Å². The minimum atomic E-state index is 1.10. The SMILES string of the molecule is Brc1ccc2c(c1)[nH]c1cc(Br)ccc12.CCCCCCCCCCCCn1c2ccccc2c2ccccc21. The molecule has 2 aromatic heterocycles. The van der Waals surface area contributed by atoms with Crippen LogP contribution in [0.25, 0.3) is 43.6 Å². The third-order valence-corrected chi connectivity index (χ3v) is 8.92. The number of hydrogen-bond donors (Lipinski definition) is 1. The van der Waals surface area contributed by atoms with Crippen LogP contribution in [0.4, 0.5) is 0 Å². The molecule has 0 atom stereocenters. The van der Waals surface area contributed by atoms with E-state index < -0.39 is 0 Å². The zero-order valence-electron chi connectivity index (χ0n) is 23.6. The van der Waals surface area contributed by atoms with Gasteiger partial charge in [0.2, 0.25) is 0 Å². The molecule has 0 saturated carbocycles. The third-order valence-electron chi connectivity index (χ3n) is 7.94. The van der Waals surface area contributed by atoms with Crippen molar-refractivity contribution < 1.29 is 0 Å². The first-order chi connectivity index (χ1) is 19.7. The molecule has 6 rings (SSSR count). The highest BCUT2D eigenvalue weighted by Crippen LogP contribution is 2.30. The summed E-state index contributed by atoms with van der Waals surface area (Å²) in [6, 6.07) is 30.3. The predicted molar refractivity (Wildman–Crippen MR) is 182 cm³/mol. The summed E-state index contributed by atoms with van der Waals surface area (Å²) >= 11 is 6.95. The van der Waals surface area contributed by atoms with E-state index in [2.05, 4.69) is 133 Å². The molecule has 40 heavy (non-hydrogen) atoms.